The molecule has 8 heteroatoms. The number of nitrogens with zero attached hydrogens (tertiary/aromatic N) is 5. The van der Waals surface area contributed by atoms with Crippen molar-refractivity contribution >= 4 is 17.5 Å². The first-order valence-corrected chi connectivity index (χ1v) is 9.54. The van der Waals surface area contributed by atoms with Crippen molar-refractivity contribution in [2.24, 2.45) is 0 Å². The summed E-state index contributed by atoms with van der Waals surface area (Å²) in [5.41, 5.74) is 1.76. The summed E-state index contributed by atoms with van der Waals surface area (Å²) in [5.74, 6) is 1.78. The van der Waals surface area contributed by atoms with Crippen molar-refractivity contribution in [3.05, 3.63) is 66.1 Å². The number of rotatable bonds is 6. The molecule has 7 nitrogen and oxygen atoms in total. The monoisotopic (exact) mass is 394 g/mol. The van der Waals surface area contributed by atoms with Gasteiger partial charge in [0.1, 0.15) is 11.6 Å². The minimum absolute atomic E-state index is 0.239. The molecule has 1 N–H and O–H groups in total. The molecular weight excluding hydrogens is 371 g/mol. The van der Waals surface area contributed by atoms with Gasteiger partial charge in [-0.25, -0.2) is 4.39 Å². The van der Waals surface area contributed by atoms with Crippen LogP contribution in [0.4, 0.5) is 21.8 Å². The second-order valence-electron chi connectivity index (χ2n) is 6.76. The van der Waals surface area contributed by atoms with E-state index in [0.29, 0.717) is 23.9 Å². The molecule has 29 heavy (non-hydrogen) atoms. The predicted molar refractivity (Wildman–Crippen MR) is 111 cm³/mol. The fourth-order valence-corrected chi connectivity index (χ4v) is 3.30. The number of benzene rings is 2. The van der Waals surface area contributed by atoms with E-state index in [1.165, 1.54) is 11.8 Å². The van der Waals surface area contributed by atoms with Gasteiger partial charge >= 0.3 is 0 Å². The largest absolute Gasteiger partial charge is 0.497 e. The number of nitrogens with one attached hydrogen (secondary N) is 1. The quantitative estimate of drug-likeness (QED) is 0.689. The molecule has 0 radical (unpaired) electrons. The lowest BCUT2D eigenvalue weighted by Crippen LogP contribution is -2.47. The standard InChI is InChI=1S/C21H23FN6O/c1-29-18-8-6-17(7-9-18)27-10-12-28(13-11-27)21-25-20(15-24-26-21)23-14-16-4-2-3-5-19(16)22/h2-9,15H,10-14H2,1H3,(H,23,25,26). The summed E-state index contributed by atoms with van der Waals surface area (Å²) in [6.07, 6.45) is 1.55. The van der Waals surface area contributed by atoms with Crippen LogP contribution in [0.15, 0.2) is 54.7 Å². The molecule has 1 fully saturated rings. The highest BCUT2D eigenvalue weighted by molar-refractivity contribution is 5.51. The topological polar surface area (TPSA) is 66.4 Å². The van der Waals surface area contributed by atoms with Crippen molar-refractivity contribution in [3.63, 3.8) is 0 Å². The second kappa shape index (κ2) is 8.72. The fourth-order valence-electron chi connectivity index (χ4n) is 3.30. The second-order valence-corrected chi connectivity index (χ2v) is 6.76. The van der Waals surface area contributed by atoms with Crippen molar-refractivity contribution < 1.29 is 9.13 Å². The molecule has 2 aromatic carbocycles. The van der Waals surface area contributed by atoms with Gasteiger partial charge in [-0.2, -0.15) is 10.1 Å². The van der Waals surface area contributed by atoms with Crippen LogP contribution in [-0.2, 0) is 6.54 Å². The Balaban J connectivity index is 1.36. The van der Waals surface area contributed by atoms with E-state index >= 15 is 0 Å². The van der Waals surface area contributed by atoms with Gasteiger partial charge in [0.2, 0.25) is 5.95 Å². The molecule has 3 aromatic rings. The lowest BCUT2D eigenvalue weighted by Gasteiger charge is -2.36. The van der Waals surface area contributed by atoms with E-state index in [1.807, 2.05) is 18.2 Å². The lowest BCUT2D eigenvalue weighted by atomic mass is 10.2. The third-order valence-electron chi connectivity index (χ3n) is 4.97. The van der Waals surface area contributed by atoms with Crippen LogP contribution >= 0.6 is 0 Å². The summed E-state index contributed by atoms with van der Waals surface area (Å²) in [7, 11) is 1.67. The Morgan fingerprint density at radius 2 is 1.72 bits per heavy atom. The van der Waals surface area contributed by atoms with E-state index in [1.54, 1.807) is 25.4 Å². The number of aromatic nitrogens is 3. The van der Waals surface area contributed by atoms with Gasteiger partial charge in [0.25, 0.3) is 0 Å². The molecule has 0 amide bonds. The molecule has 4 rings (SSSR count). The maximum Gasteiger partial charge on any atom is 0.247 e. The Hall–Kier alpha value is -3.42. The highest BCUT2D eigenvalue weighted by Gasteiger charge is 2.20. The van der Waals surface area contributed by atoms with Gasteiger partial charge in [0.05, 0.1) is 13.3 Å². The Kier molecular flexibility index (Phi) is 5.69. The molecule has 0 bridgehead atoms. The lowest BCUT2D eigenvalue weighted by molar-refractivity contribution is 0.415. The number of halogens is 1. The van der Waals surface area contributed by atoms with Gasteiger partial charge in [-0.3, -0.25) is 0 Å². The zero-order valence-electron chi connectivity index (χ0n) is 16.3. The van der Waals surface area contributed by atoms with Gasteiger partial charge in [-0.05, 0) is 30.3 Å². The minimum atomic E-state index is -0.239. The first-order valence-electron chi connectivity index (χ1n) is 9.54. The molecule has 0 atom stereocenters. The van der Waals surface area contributed by atoms with Crippen LogP contribution in [0.1, 0.15) is 5.56 Å². The molecule has 2 heterocycles. The number of ether oxygens (including phenoxy) is 1. The van der Waals surface area contributed by atoms with E-state index in [2.05, 4.69) is 42.4 Å². The first-order chi connectivity index (χ1) is 14.2. The molecule has 0 saturated carbocycles. The molecular formula is C21H23FN6O. The van der Waals surface area contributed by atoms with E-state index < -0.39 is 0 Å². The average Bonchev–Trinajstić information content (AvgIpc) is 2.79. The number of piperazine rings is 1. The van der Waals surface area contributed by atoms with Crippen LogP contribution in [0.2, 0.25) is 0 Å². The molecule has 1 aliphatic rings. The van der Waals surface area contributed by atoms with Gasteiger partial charge < -0.3 is 19.9 Å². The highest BCUT2D eigenvalue weighted by atomic mass is 19.1. The summed E-state index contributed by atoms with van der Waals surface area (Å²) in [5, 5.41) is 11.3. The molecule has 1 saturated heterocycles. The fraction of sp³-hybridized carbons (Fsp3) is 0.286. The average molecular weight is 394 g/mol. The minimum Gasteiger partial charge on any atom is -0.497 e. The number of methoxy groups -OCH3 is 1. The highest BCUT2D eigenvalue weighted by Crippen LogP contribution is 2.21. The van der Waals surface area contributed by atoms with Crippen LogP contribution in [-0.4, -0.2) is 48.5 Å². The summed E-state index contributed by atoms with van der Waals surface area (Å²) >= 11 is 0. The summed E-state index contributed by atoms with van der Waals surface area (Å²) in [6, 6.07) is 14.8. The van der Waals surface area contributed by atoms with Gasteiger partial charge in [0, 0.05) is 44.0 Å². The van der Waals surface area contributed by atoms with Gasteiger partial charge in [-0.1, -0.05) is 18.2 Å². The molecule has 0 spiro atoms. The van der Waals surface area contributed by atoms with Gasteiger partial charge in [-0.15, -0.1) is 5.10 Å². The first kappa shape index (κ1) is 18.9. The zero-order valence-corrected chi connectivity index (χ0v) is 16.3. The summed E-state index contributed by atoms with van der Waals surface area (Å²) in [4.78, 5) is 8.98. The van der Waals surface area contributed by atoms with Crippen molar-refractivity contribution in [3.8, 4) is 5.75 Å². The van der Waals surface area contributed by atoms with E-state index in [4.69, 9.17) is 4.74 Å². The Morgan fingerprint density at radius 1 is 1.00 bits per heavy atom. The summed E-state index contributed by atoms with van der Waals surface area (Å²) in [6.45, 7) is 3.66. The third-order valence-corrected chi connectivity index (χ3v) is 4.97. The molecule has 150 valence electrons. The van der Waals surface area contributed by atoms with Crippen LogP contribution < -0.4 is 19.9 Å². The van der Waals surface area contributed by atoms with Crippen LogP contribution in [0.3, 0.4) is 0 Å². The van der Waals surface area contributed by atoms with Crippen molar-refractivity contribution in [1.29, 1.82) is 0 Å². The Morgan fingerprint density at radius 3 is 2.45 bits per heavy atom. The maximum atomic E-state index is 13.8. The van der Waals surface area contributed by atoms with Crippen LogP contribution in [0, 0.1) is 5.82 Å². The Bertz CT molecular complexity index is 944. The van der Waals surface area contributed by atoms with Crippen molar-refractivity contribution in [2.45, 2.75) is 6.54 Å². The number of hydrogen-bond donors (Lipinski definition) is 1. The number of anilines is 3. The maximum absolute atomic E-state index is 13.8. The third kappa shape index (κ3) is 4.53. The van der Waals surface area contributed by atoms with Gasteiger partial charge in [0.15, 0.2) is 5.82 Å². The zero-order chi connectivity index (χ0) is 20.1. The molecule has 1 aromatic heterocycles. The smallest absolute Gasteiger partial charge is 0.247 e. The molecule has 0 aliphatic carbocycles. The van der Waals surface area contributed by atoms with Crippen molar-refractivity contribution in [1.82, 2.24) is 15.2 Å². The summed E-state index contributed by atoms with van der Waals surface area (Å²) < 4.78 is 19.0. The predicted octanol–water partition coefficient (Wildman–Crippen LogP) is 2.96. The number of hydrogen-bond acceptors (Lipinski definition) is 7. The molecule has 0 unspecified atom stereocenters. The normalized spacial score (nSPS) is 14.0. The van der Waals surface area contributed by atoms with E-state index in [9.17, 15) is 4.39 Å². The van der Waals surface area contributed by atoms with E-state index in [-0.39, 0.29) is 5.82 Å². The van der Waals surface area contributed by atoms with E-state index in [0.717, 1.165) is 31.9 Å². The SMILES string of the molecule is COc1ccc(N2CCN(c3nncc(NCc4ccccc4F)n3)CC2)cc1. The van der Waals surface area contributed by atoms with Crippen LogP contribution in [0.25, 0.3) is 0 Å². The molecule has 1 aliphatic heterocycles. The Labute approximate surface area is 169 Å². The van der Waals surface area contributed by atoms with Crippen molar-refractivity contribution in [2.75, 3.05) is 48.4 Å². The van der Waals surface area contributed by atoms with Crippen LogP contribution in [0.5, 0.6) is 5.75 Å².